The Morgan fingerprint density at radius 1 is 1.06 bits per heavy atom. The molecule has 9 nitrogen and oxygen atoms in total. The Balaban J connectivity index is 1.62. The van der Waals surface area contributed by atoms with Crippen LogP contribution < -0.4 is 10.1 Å². The van der Waals surface area contributed by atoms with Crippen LogP contribution in [0.3, 0.4) is 0 Å². The Morgan fingerprint density at radius 3 is 2.44 bits per heavy atom. The summed E-state index contributed by atoms with van der Waals surface area (Å²) in [6.07, 6.45) is 3.01. The number of anilines is 1. The summed E-state index contributed by atoms with van der Waals surface area (Å²) >= 11 is 0. The molecule has 3 aliphatic rings. The lowest BCUT2D eigenvalue weighted by molar-refractivity contribution is -0.143. The van der Waals surface area contributed by atoms with E-state index in [2.05, 4.69) is 12.2 Å². The summed E-state index contributed by atoms with van der Waals surface area (Å²) in [5.41, 5.74) is 1.01. The van der Waals surface area contributed by atoms with Gasteiger partial charge in [0.2, 0.25) is 11.8 Å². The molecule has 1 aromatic carbocycles. The molecule has 2 heterocycles. The molecule has 0 aromatic heterocycles. The van der Waals surface area contributed by atoms with Crippen molar-refractivity contribution in [3.05, 3.63) is 23.8 Å². The van der Waals surface area contributed by atoms with Crippen LogP contribution in [0, 0.1) is 17.8 Å². The summed E-state index contributed by atoms with van der Waals surface area (Å²) in [5, 5.41) is 2.93. The SMILES string of the molecule is CO[C@H]1CN(C)C(=O)c2ccc(NC(=O)C3CC3)cc2OC[C@@H](C)N(C(=O)C2CCOCC2)C[C@H]1C. The highest BCUT2D eigenvalue weighted by Gasteiger charge is 2.34. The first-order valence-corrected chi connectivity index (χ1v) is 13.0. The van der Waals surface area contributed by atoms with E-state index in [0.717, 1.165) is 25.7 Å². The van der Waals surface area contributed by atoms with Gasteiger partial charge in [-0.05, 0) is 44.7 Å². The minimum atomic E-state index is -0.239. The normalized spacial score (nSPS) is 26.3. The van der Waals surface area contributed by atoms with E-state index in [-0.39, 0.29) is 54.2 Å². The van der Waals surface area contributed by atoms with Gasteiger partial charge in [0.15, 0.2) is 0 Å². The molecule has 3 amide bonds. The fraction of sp³-hybridized carbons (Fsp3) is 0.667. The summed E-state index contributed by atoms with van der Waals surface area (Å²) in [6, 6.07) is 4.93. The summed E-state index contributed by atoms with van der Waals surface area (Å²) < 4.78 is 17.4. The van der Waals surface area contributed by atoms with Gasteiger partial charge < -0.3 is 29.3 Å². The molecule has 9 heteroatoms. The quantitative estimate of drug-likeness (QED) is 0.682. The molecule has 3 atom stereocenters. The van der Waals surface area contributed by atoms with Gasteiger partial charge in [-0.3, -0.25) is 14.4 Å². The first kappa shape index (κ1) is 26.4. The summed E-state index contributed by atoms with van der Waals surface area (Å²) in [5.74, 6) is 0.334. The number of benzene rings is 1. The van der Waals surface area contributed by atoms with Gasteiger partial charge in [-0.2, -0.15) is 0 Å². The number of methoxy groups -OCH3 is 1. The van der Waals surface area contributed by atoms with E-state index in [1.54, 1.807) is 37.3 Å². The Bertz CT molecular complexity index is 959. The van der Waals surface area contributed by atoms with Crippen LogP contribution in [0.1, 0.15) is 49.9 Å². The van der Waals surface area contributed by atoms with E-state index in [9.17, 15) is 14.4 Å². The first-order valence-electron chi connectivity index (χ1n) is 13.0. The van der Waals surface area contributed by atoms with Gasteiger partial charge >= 0.3 is 0 Å². The maximum absolute atomic E-state index is 13.6. The molecule has 1 saturated heterocycles. The van der Waals surface area contributed by atoms with Crippen LogP contribution in [-0.2, 0) is 19.1 Å². The maximum Gasteiger partial charge on any atom is 0.257 e. The second-order valence-corrected chi connectivity index (χ2v) is 10.4. The van der Waals surface area contributed by atoms with Crippen molar-refractivity contribution in [2.45, 2.75) is 51.7 Å². The number of nitrogens with zero attached hydrogens (tertiary/aromatic N) is 2. The third-order valence-electron chi connectivity index (χ3n) is 7.52. The average Bonchev–Trinajstić information content (AvgIpc) is 3.74. The van der Waals surface area contributed by atoms with E-state index in [4.69, 9.17) is 14.2 Å². The number of rotatable bonds is 4. The minimum absolute atomic E-state index is 0.00919. The second-order valence-electron chi connectivity index (χ2n) is 10.4. The lowest BCUT2D eigenvalue weighted by Crippen LogP contribution is -2.50. The maximum atomic E-state index is 13.6. The Hall–Kier alpha value is -2.65. The van der Waals surface area contributed by atoms with Crippen molar-refractivity contribution >= 4 is 23.4 Å². The van der Waals surface area contributed by atoms with Crippen molar-refractivity contribution in [2.75, 3.05) is 52.4 Å². The Morgan fingerprint density at radius 2 is 1.78 bits per heavy atom. The standard InChI is InChI=1S/C27H39N3O6/c1-17-14-30(26(32)20-9-11-35-12-10-20)18(2)16-36-23-13-21(28-25(31)19-5-6-19)7-8-22(23)27(33)29(3)15-24(17)34-4/h7-8,13,17-20,24H,5-6,9-12,14-16H2,1-4H3,(H,28,31)/t17-,18-,24+/m1/s1. The van der Waals surface area contributed by atoms with Crippen LogP contribution in [0.15, 0.2) is 18.2 Å². The molecule has 1 aromatic rings. The fourth-order valence-corrected chi connectivity index (χ4v) is 4.93. The number of ether oxygens (including phenoxy) is 3. The molecule has 0 spiro atoms. The van der Waals surface area contributed by atoms with Gasteiger partial charge in [0.05, 0.1) is 17.7 Å². The molecule has 0 radical (unpaired) electrons. The van der Waals surface area contributed by atoms with Gasteiger partial charge in [0, 0.05) is 70.0 Å². The molecular weight excluding hydrogens is 462 g/mol. The van der Waals surface area contributed by atoms with Crippen LogP contribution in [0.2, 0.25) is 0 Å². The van der Waals surface area contributed by atoms with E-state index in [1.807, 2.05) is 11.8 Å². The van der Waals surface area contributed by atoms with Crippen molar-refractivity contribution in [2.24, 2.45) is 17.8 Å². The monoisotopic (exact) mass is 501 g/mol. The van der Waals surface area contributed by atoms with Crippen LogP contribution in [0.25, 0.3) is 0 Å². The van der Waals surface area contributed by atoms with Crippen molar-refractivity contribution in [3.8, 4) is 5.75 Å². The zero-order chi connectivity index (χ0) is 25.8. The van der Waals surface area contributed by atoms with E-state index in [1.165, 1.54) is 0 Å². The van der Waals surface area contributed by atoms with Gasteiger partial charge in [-0.25, -0.2) is 0 Å². The van der Waals surface area contributed by atoms with Gasteiger partial charge in [0.25, 0.3) is 5.91 Å². The van der Waals surface area contributed by atoms with E-state index in [0.29, 0.717) is 43.3 Å². The highest BCUT2D eigenvalue weighted by Crippen LogP contribution is 2.32. The van der Waals surface area contributed by atoms with Crippen LogP contribution in [0.5, 0.6) is 5.75 Å². The van der Waals surface area contributed by atoms with Crippen molar-refractivity contribution in [1.29, 1.82) is 0 Å². The number of likely N-dealkylation sites (N-methyl/N-ethyl adjacent to an activating group) is 1. The summed E-state index contributed by atoms with van der Waals surface area (Å²) in [6.45, 7) is 6.34. The number of hydrogen-bond acceptors (Lipinski definition) is 6. The Labute approximate surface area is 213 Å². The predicted molar refractivity (Wildman–Crippen MR) is 135 cm³/mol. The second kappa shape index (κ2) is 11.6. The number of amides is 3. The molecule has 4 rings (SSSR count). The number of carbonyl (C=O) groups excluding carboxylic acids is 3. The summed E-state index contributed by atoms with van der Waals surface area (Å²) in [4.78, 5) is 42.8. The number of carbonyl (C=O) groups is 3. The number of hydrogen-bond donors (Lipinski definition) is 1. The van der Waals surface area contributed by atoms with Crippen LogP contribution in [0.4, 0.5) is 5.69 Å². The molecule has 0 unspecified atom stereocenters. The molecule has 2 fully saturated rings. The fourth-order valence-electron chi connectivity index (χ4n) is 4.93. The summed E-state index contributed by atoms with van der Waals surface area (Å²) in [7, 11) is 3.39. The Kier molecular flexibility index (Phi) is 8.51. The number of fused-ring (bicyclic) bond motifs is 1. The third-order valence-corrected chi connectivity index (χ3v) is 7.52. The smallest absolute Gasteiger partial charge is 0.257 e. The minimum Gasteiger partial charge on any atom is -0.491 e. The molecule has 36 heavy (non-hydrogen) atoms. The lowest BCUT2D eigenvalue weighted by Gasteiger charge is -2.38. The van der Waals surface area contributed by atoms with Gasteiger partial charge in [0.1, 0.15) is 12.4 Å². The van der Waals surface area contributed by atoms with E-state index < -0.39 is 0 Å². The van der Waals surface area contributed by atoms with Gasteiger partial charge in [-0.15, -0.1) is 0 Å². The molecular formula is C27H39N3O6. The number of nitrogens with one attached hydrogen (secondary N) is 1. The predicted octanol–water partition coefficient (Wildman–Crippen LogP) is 2.79. The molecule has 1 N–H and O–H groups in total. The van der Waals surface area contributed by atoms with Crippen molar-refractivity contribution in [3.63, 3.8) is 0 Å². The average molecular weight is 502 g/mol. The van der Waals surface area contributed by atoms with E-state index >= 15 is 0 Å². The van der Waals surface area contributed by atoms with Crippen molar-refractivity contribution in [1.82, 2.24) is 9.80 Å². The van der Waals surface area contributed by atoms with Crippen LogP contribution in [-0.4, -0.2) is 86.7 Å². The van der Waals surface area contributed by atoms with Crippen LogP contribution >= 0.6 is 0 Å². The molecule has 198 valence electrons. The lowest BCUT2D eigenvalue weighted by atomic mass is 9.95. The molecule has 2 aliphatic heterocycles. The zero-order valence-corrected chi connectivity index (χ0v) is 21.8. The third kappa shape index (κ3) is 6.18. The molecule has 0 bridgehead atoms. The topological polar surface area (TPSA) is 97.4 Å². The zero-order valence-electron chi connectivity index (χ0n) is 21.8. The van der Waals surface area contributed by atoms with Gasteiger partial charge in [-0.1, -0.05) is 6.92 Å². The largest absolute Gasteiger partial charge is 0.491 e. The highest BCUT2D eigenvalue weighted by molar-refractivity contribution is 5.99. The van der Waals surface area contributed by atoms with Crippen molar-refractivity contribution < 1.29 is 28.6 Å². The first-order chi connectivity index (χ1) is 17.3. The highest BCUT2D eigenvalue weighted by atomic mass is 16.5. The molecule has 1 aliphatic carbocycles. The molecule has 1 saturated carbocycles.